The van der Waals surface area contributed by atoms with Crippen LogP contribution in [0.25, 0.3) is 41.7 Å². The summed E-state index contributed by atoms with van der Waals surface area (Å²) in [6, 6.07) is 10.7. The Hall–Kier alpha value is -3.91. The fourth-order valence-electron chi connectivity index (χ4n) is 3.83. The van der Waals surface area contributed by atoms with Crippen LogP contribution in [0.5, 0.6) is 5.75 Å². The van der Waals surface area contributed by atoms with Crippen LogP contribution in [0.1, 0.15) is 6.42 Å². The molecule has 0 bridgehead atoms. The van der Waals surface area contributed by atoms with E-state index in [4.69, 9.17) is 9.84 Å². The monoisotopic (exact) mass is 432 g/mol. The third kappa shape index (κ3) is 2.76. The topological polar surface area (TPSA) is 115 Å². The lowest BCUT2D eigenvalue weighted by Crippen LogP contribution is -2.15. The molecule has 0 aliphatic carbocycles. The summed E-state index contributed by atoms with van der Waals surface area (Å²) in [4.78, 5) is 63.2. The summed E-state index contributed by atoms with van der Waals surface area (Å²) in [6.45, 7) is -0.0981. The third-order valence-corrected chi connectivity index (χ3v) is 6.44. The molecule has 0 aliphatic rings. The van der Waals surface area contributed by atoms with Gasteiger partial charge in [-0.15, -0.1) is 11.3 Å². The summed E-state index contributed by atoms with van der Waals surface area (Å²) >= 11 is 0.873. The first-order chi connectivity index (χ1) is 14.9. The molecule has 4 aromatic carbocycles. The van der Waals surface area contributed by atoms with E-state index in [9.17, 15) is 24.0 Å². The summed E-state index contributed by atoms with van der Waals surface area (Å²) in [7, 11) is 0. The molecule has 8 heteroatoms. The summed E-state index contributed by atoms with van der Waals surface area (Å²) in [5.74, 6) is -0.788. The van der Waals surface area contributed by atoms with E-state index in [0.717, 1.165) is 11.3 Å². The van der Waals surface area contributed by atoms with E-state index in [1.54, 1.807) is 18.2 Å². The fourth-order valence-corrected chi connectivity index (χ4v) is 5.04. The molecule has 1 heterocycles. The number of hydrogen-bond donors (Lipinski definition) is 1. The first kappa shape index (κ1) is 19.1. The summed E-state index contributed by atoms with van der Waals surface area (Å²) < 4.78 is 5.55. The number of rotatable bonds is 4. The largest absolute Gasteiger partial charge is 0.493 e. The standard InChI is InChI=1S/C23H12O7S/c24-15(25)7-8-30-10-5-6-13-14(9-10)19(27)17-16-18(26)11-3-1-2-4-12(11)20(28)22(16)31-23(17)21(13)29/h1-6,9H,7-8H2,(H,24,25). The van der Waals surface area contributed by atoms with Crippen molar-refractivity contribution in [2.75, 3.05) is 6.61 Å². The average molecular weight is 432 g/mol. The van der Waals surface area contributed by atoms with Gasteiger partial charge in [-0.2, -0.15) is 0 Å². The Morgan fingerprint density at radius 3 is 1.94 bits per heavy atom. The molecule has 0 atom stereocenters. The summed E-state index contributed by atoms with van der Waals surface area (Å²) in [6.07, 6.45) is -0.220. The number of thiophene rings is 1. The molecule has 7 nitrogen and oxygen atoms in total. The van der Waals surface area contributed by atoms with Gasteiger partial charge in [0.25, 0.3) is 0 Å². The van der Waals surface area contributed by atoms with Crippen molar-refractivity contribution < 1.29 is 14.6 Å². The van der Waals surface area contributed by atoms with E-state index in [2.05, 4.69) is 0 Å². The fraction of sp³-hybridized carbons (Fsp3) is 0.0870. The van der Waals surface area contributed by atoms with Crippen LogP contribution in [-0.2, 0) is 4.79 Å². The Bertz CT molecular complexity index is 1770. The van der Waals surface area contributed by atoms with Gasteiger partial charge in [0.1, 0.15) is 5.75 Å². The zero-order valence-electron chi connectivity index (χ0n) is 15.8. The summed E-state index contributed by atoms with van der Waals surface area (Å²) in [5, 5.41) is 9.34. The van der Waals surface area contributed by atoms with E-state index in [1.165, 1.54) is 24.3 Å². The first-order valence-electron chi connectivity index (χ1n) is 9.31. The van der Waals surface area contributed by atoms with Crippen molar-refractivity contribution in [3.8, 4) is 5.75 Å². The molecular weight excluding hydrogens is 420 g/mol. The van der Waals surface area contributed by atoms with Crippen molar-refractivity contribution in [2.45, 2.75) is 6.42 Å². The Morgan fingerprint density at radius 1 is 0.774 bits per heavy atom. The SMILES string of the molecule is O=C(O)CCOc1ccc2c(=O)c3sc4c(=O)c5ccccc5c(=O)c4c3c(=O)c2c1. The molecule has 0 unspecified atom stereocenters. The van der Waals surface area contributed by atoms with Crippen LogP contribution >= 0.6 is 11.3 Å². The van der Waals surface area contributed by atoms with Crippen LogP contribution in [0.2, 0.25) is 0 Å². The van der Waals surface area contributed by atoms with Gasteiger partial charge < -0.3 is 9.84 Å². The zero-order valence-corrected chi connectivity index (χ0v) is 16.6. The van der Waals surface area contributed by atoms with Crippen molar-refractivity contribution in [3.05, 3.63) is 83.4 Å². The third-order valence-electron chi connectivity index (χ3n) is 5.26. The second kappa shape index (κ2) is 6.82. The number of aliphatic carboxylic acids is 1. The average Bonchev–Trinajstić information content (AvgIpc) is 3.17. The maximum atomic E-state index is 13.3. The molecule has 0 saturated heterocycles. The zero-order chi connectivity index (χ0) is 21.9. The number of hydrogen-bond acceptors (Lipinski definition) is 7. The van der Waals surface area contributed by atoms with Crippen molar-refractivity contribution in [2.24, 2.45) is 0 Å². The van der Waals surface area contributed by atoms with E-state index in [-0.39, 0.29) is 65.9 Å². The van der Waals surface area contributed by atoms with Crippen molar-refractivity contribution in [3.63, 3.8) is 0 Å². The van der Waals surface area contributed by atoms with Crippen LogP contribution in [0.4, 0.5) is 0 Å². The molecule has 1 aromatic heterocycles. The van der Waals surface area contributed by atoms with E-state index in [0.29, 0.717) is 0 Å². The lowest BCUT2D eigenvalue weighted by molar-refractivity contribution is -0.137. The van der Waals surface area contributed by atoms with Crippen LogP contribution in [0.15, 0.2) is 61.6 Å². The highest BCUT2D eigenvalue weighted by atomic mass is 32.1. The minimum absolute atomic E-state index is 0.0232. The first-order valence-corrected chi connectivity index (χ1v) is 10.1. The van der Waals surface area contributed by atoms with Crippen molar-refractivity contribution >= 4 is 59.0 Å². The Kier molecular flexibility index (Phi) is 4.19. The van der Waals surface area contributed by atoms with Gasteiger partial charge in [-0.3, -0.25) is 24.0 Å². The second-order valence-electron chi connectivity index (χ2n) is 7.07. The molecule has 0 spiro atoms. The van der Waals surface area contributed by atoms with Crippen molar-refractivity contribution in [1.29, 1.82) is 0 Å². The highest BCUT2D eigenvalue weighted by Crippen LogP contribution is 2.29. The van der Waals surface area contributed by atoms with Crippen LogP contribution in [0.3, 0.4) is 0 Å². The highest BCUT2D eigenvalue weighted by Gasteiger charge is 2.22. The normalized spacial score (nSPS) is 11.6. The predicted octanol–water partition coefficient (Wildman–Crippen LogP) is 2.53. The Labute approximate surface area is 176 Å². The number of ether oxygens (including phenoxy) is 1. The van der Waals surface area contributed by atoms with Gasteiger partial charge in [0, 0.05) is 21.5 Å². The van der Waals surface area contributed by atoms with E-state index in [1.807, 2.05) is 0 Å². The van der Waals surface area contributed by atoms with Crippen LogP contribution in [0, 0.1) is 0 Å². The van der Waals surface area contributed by atoms with E-state index >= 15 is 0 Å². The lowest BCUT2D eigenvalue weighted by Gasteiger charge is -2.05. The van der Waals surface area contributed by atoms with Gasteiger partial charge in [0.05, 0.1) is 33.2 Å². The van der Waals surface area contributed by atoms with Crippen LogP contribution < -0.4 is 26.5 Å². The smallest absolute Gasteiger partial charge is 0.306 e. The molecule has 0 radical (unpaired) electrons. The van der Waals surface area contributed by atoms with Crippen molar-refractivity contribution in [1.82, 2.24) is 0 Å². The Balaban J connectivity index is 1.88. The highest BCUT2D eigenvalue weighted by molar-refractivity contribution is 7.25. The van der Waals surface area contributed by atoms with Gasteiger partial charge in [-0.1, -0.05) is 24.3 Å². The van der Waals surface area contributed by atoms with Gasteiger partial charge in [-0.05, 0) is 18.2 Å². The molecule has 0 amide bonds. The minimum atomic E-state index is -1.03. The Morgan fingerprint density at radius 2 is 1.32 bits per heavy atom. The molecule has 152 valence electrons. The number of fused-ring (bicyclic) bond motifs is 5. The number of carboxylic acid groups (broad SMARTS) is 1. The second-order valence-corrected chi connectivity index (χ2v) is 8.09. The van der Waals surface area contributed by atoms with Gasteiger partial charge in [-0.25, -0.2) is 0 Å². The molecule has 31 heavy (non-hydrogen) atoms. The van der Waals surface area contributed by atoms with E-state index < -0.39 is 22.3 Å². The number of carboxylic acids is 1. The number of benzene rings is 4. The quantitative estimate of drug-likeness (QED) is 0.464. The molecule has 1 N–H and O–H groups in total. The van der Waals surface area contributed by atoms with Gasteiger partial charge in [0.15, 0.2) is 10.9 Å². The predicted molar refractivity (Wildman–Crippen MR) is 120 cm³/mol. The minimum Gasteiger partial charge on any atom is -0.493 e. The molecule has 5 aromatic rings. The molecule has 0 saturated carbocycles. The van der Waals surface area contributed by atoms with Crippen LogP contribution in [-0.4, -0.2) is 17.7 Å². The number of carbonyl (C=O) groups is 1. The lowest BCUT2D eigenvalue weighted by atomic mass is 10.0. The molecule has 0 aliphatic heterocycles. The summed E-state index contributed by atoms with van der Waals surface area (Å²) in [5.41, 5.74) is -1.81. The maximum absolute atomic E-state index is 13.3. The maximum Gasteiger partial charge on any atom is 0.306 e. The molecular formula is C23H12O7S. The molecule has 0 fully saturated rings. The van der Waals surface area contributed by atoms with Gasteiger partial charge >= 0.3 is 5.97 Å². The molecule has 5 rings (SSSR count). The van der Waals surface area contributed by atoms with Gasteiger partial charge in [0.2, 0.25) is 10.9 Å².